The predicted molar refractivity (Wildman–Crippen MR) is 69.8 cm³/mol. The van der Waals surface area contributed by atoms with Crippen molar-refractivity contribution < 1.29 is 13.2 Å². The number of alkyl halides is 3. The van der Waals surface area contributed by atoms with Crippen LogP contribution in [0.3, 0.4) is 0 Å². The van der Waals surface area contributed by atoms with E-state index >= 15 is 0 Å². The number of hydrogen-bond acceptors (Lipinski definition) is 2. The van der Waals surface area contributed by atoms with Crippen LogP contribution in [0, 0.1) is 5.92 Å². The predicted octanol–water partition coefficient (Wildman–Crippen LogP) is 2.33. The van der Waals surface area contributed by atoms with Gasteiger partial charge in [0.1, 0.15) is 0 Å². The van der Waals surface area contributed by atoms with Gasteiger partial charge < -0.3 is 10.6 Å². The highest BCUT2D eigenvalue weighted by atomic mass is 32.2. The van der Waals surface area contributed by atoms with Crippen LogP contribution in [0.5, 0.6) is 0 Å². The molecule has 0 atom stereocenters. The van der Waals surface area contributed by atoms with E-state index in [1.54, 1.807) is 0 Å². The second-order valence-corrected chi connectivity index (χ2v) is 5.68. The van der Waals surface area contributed by atoms with E-state index in [1.165, 1.54) is 0 Å². The summed E-state index contributed by atoms with van der Waals surface area (Å²) in [6.07, 6.45) is -1.90. The monoisotopic (exact) mass is 283 g/mol. The van der Waals surface area contributed by atoms with E-state index < -0.39 is 11.9 Å². The summed E-state index contributed by atoms with van der Waals surface area (Å²) in [5.41, 5.74) is 5.81. The molecule has 106 valence electrons. The van der Waals surface area contributed by atoms with E-state index in [0.717, 1.165) is 43.6 Å². The lowest BCUT2D eigenvalue weighted by Gasteiger charge is -2.31. The van der Waals surface area contributed by atoms with Crippen LogP contribution >= 0.6 is 11.8 Å². The van der Waals surface area contributed by atoms with Crippen molar-refractivity contribution in [3.05, 3.63) is 0 Å². The second kappa shape index (κ2) is 7.11. The van der Waals surface area contributed by atoms with Gasteiger partial charge in [-0.05, 0) is 18.8 Å². The fraction of sp³-hybridized carbons (Fsp3) is 0.909. The Morgan fingerprint density at radius 3 is 2.56 bits per heavy atom. The molecule has 1 heterocycles. The van der Waals surface area contributed by atoms with E-state index in [0.29, 0.717) is 18.3 Å². The average Bonchev–Trinajstić information content (AvgIpc) is 2.27. The number of likely N-dealkylation sites (tertiary alicyclic amines) is 1. The van der Waals surface area contributed by atoms with Crippen molar-refractivity contribution in [2.45, 2.75) is 25.9 Å². The Kier molecular flexibility index (Phi) is 6.11. The molecular weight excluding hydrogens is 263 g/mol. The Bertz CT molecular complexity index is 273. The number of guanidine groups is 1. The summed E-state index contributed by atoms with van der Waals surface area (Å²) in [6, 6.07) is 0. The van der Waals surface area contributed by atoms with Gasteiger partial charge in [0.15, 0.2) is 5.96 Å². The number of nitrogens with two attached hydrogens (primary N) is 1. The molecule has 0 aromatic rings. The van der Waals surface area contributed by atoms with Gasteiger partial charge in [-0.3, -0.25) is 4.99 Å². The molecular formula is C11H20F3N3S. The van der Waals surface area contributed by atoms with E-state index in [1.807, 2.05) is 4.90 Å². The van der Waals surface area contributed by atoms with Crippen molar-refractivity contribution in [1.82, 2.24) is 4.90 Å². The molecule has 1 aliphatic heterocycles. The number of nitrogens with zero attached hydrogens (tertiary/aromatic N) is 2. The molecule has 1 fully saturated rings. The third-order valence-electron chi connectivity index (χ3n) is 2.88. The molecule has 0 aromatic heterocycles. The normalized spacial score (nSPS) is 19.3. The third kappa shape index (κ3) is 6.37. The van der Waals surface area contributed by atoms with Crippen molar-refractivity contribution in [3.8, 4) is 0 Å². The topological polar surface area (TPSA) is 41.6 Å². The average molecular weight is 283 g/mol. The molecule has 2 N–H and O–H groups in total. The van der Waals surface area contributed by atoms with Gasteiger partial charge in [0, 0.05) is 18.8 Å². The molecule has 1 aliphatic rings. The van der Waals surface area contributed by atoms with Crippen LogP contribution in [0.2, 0.25) is 0 Å². The molecule has 0 amide bonds. The van der Waals surface area contributed by atoms with Crippen LogP contribution in [0.1, 0.15) is 19.8 Å². The van der Waals surface area contributed by atoms with E-state index in [-0.39, 0.29) is 0 Å². The zero-order chi connectivity index (χ0) is 13.6. The Morgan fingerprint density at radius 1 is 1.39 bits per heavy atom. The number of piperidine rings is 1. The molecule has 0 saturated carbocycles. The van der Waals surface area contributed by atoms with Crippen LogP contribution in [0.4, 0.5) is 13.2 Å². The standard InChI is InChI=1S/C11H20F3N3S/c1-9-2-5-17(6-3-9)10(15)16-4-7-18-8-11(12,13)14/h9H,2-8H2,1H3,(H2,15,16). The van der Waals surface area contributed by atoms with Crippen LogP contribution in [0.25, 0.3) is 0 Å². The maximum absolute atomic E-state index is 11.9. The minimum absolute atomic E-state index is 0.346. The van der Waals surface area contributed by atoms with E-state index in [2.05, 4.69) is 11.9 Å². The van der Waals surface area contributed by atoms with Gasteiger partial charge in [-0.15, -0.1) is 0 Å². The first-order chi connectivity index (χ1) is 8.38. The van der Waals surface area contributed by atoms with Crippen LogP contribution in [0.15, 0.2) is 4.99 Å². The Labute approximate surface area is 110 Å². The SMILES string of the molecule is CC1CCN(C(N)=NCCSCC(F)(F)F)CC1. The minimum Gasteiger partial charge on any atom is -0.370 e. The summed E-state index contributed by atoms with van der Waals surface area (Å²) in [5, 5.41) is 0. The molecule has 0 bridgehead atoms. The molecule has 3 nitrogen and oxygen atoms in total. The maximum atomic E-state index is 11.9. The molecule has 0 aliphatic carbocycles. The van der Waals surface area contributed by atoms with Gasteiger partial charge in [0.2, 0.25) is 0 Å². The van der Waals surface area contributed by atoms with Crippen molar-refractivity contribution in [2.24, 2.45) is 16.6 Å². The fourth-order valence-corrected chi connectivity index (χ4v) is 2.35. The molecule has 1 saturated heterocycles. The zero-order valence-corrected chi connectivity index (χ0v) is 11.4. The number of halogens is 3. The molecule has 1 rings (SSSR count). The summed E-state index contributed by atoms with van der Waals surface area (Å²) >= 11 is 0.843. The van der Waals surface area contributed by atoms with Gasteiger partial charge in [-0.1, -0.05) is 6.92 Å². The van der Waals surface area contributed by atoms with Gasteiger partial charge in [-0.2, -0.15) is 24.9 Å². The van der Waals surface area contributed by atoms with Crippen LogP contribution in [-0.2, 0) is 0 Å². The summed E-state index contributed by atoms with van der Waals surface area (Å²) in [7, 11) is 0. The number of thioether (sulfide) groups is 1. The fourth-order valence-electron chi connectivity index (χ4n) is 1.75. The second-order valence-electron chi connectivity index (χ2n) is 4.58. The Hall–Kier alpha value is -0.590. The first-order valence-electron chi connectivity index (χ1n) is 6.08. The van der Waals surface area contributed by atoms with Gasteiger partial charge in [0.05, 0.1) is 12.3 Å². The molecule has 18 heavy (non-hydrogen) atoms. The largest absolute Gasteiger partial charge is 0.397 e. The highest BCUT2D eigenvalue weighted by molar-refractivity contribution is 7.99. The number of aliphatic imine (C=N–C) groups is 1. The third-order valence-corrected chi connectivity index (χ3v) is 3.89. The van der Waals surface area contributed by atoms with Crippen molar-refractivity contribution in [3.63, 3.8) is 0 Å². The lowest BCUT2D eigenvalue weighted by Crippen LogP contribution is -2.42. The lowest BCUT2D eigenvalue weighted by molar-refractivity contribution is -0.105. The number of rotatable bonds is 4. The van der Waals surface area contributed by atoms with Crippen LogP contribution < -0.4 is 5.73 Å². The molecule has 0 unspecified atom stereocenters. The van der Waals surface area contributed by atoms with E-state index in [4.69, 9.17) is 5.73 Å². The summed E-state index contributed by atoms with van der Waals surface area (Å²) < 4.78 is 35.6. The van der Waals surface area contributed by atoms with Crippen molar-refractivity contribution >= 4 is 17.7 Å². The molecule has 0 aromatic carbocycles. The first-order valence-corrected chi connectivity index (χ1v) is 7.23. The van der Waals surface area contributed by atoms with Gasteiger partial charge in [-0.25, -0.2) is 0 Å². The lowest BCUT2D eigenvalue weighted by atomic mass is 10.00. The molecule has 0 spiro atoms. The zero-order valence-electron chi connectivity index (χ0n) is 10.5. The highest BCUT2D eigenvalue weighted by Crippen LogP contribution is 2.20. The molecule has 0 radical (unpaired) electrons. The first kappa shape index (κ1) is 15.5. The van der Waals surface area contributed by atoms with Gasteiger partial charge in [0.25, 0.3) is 0 Å². The smallest absolute Gasteiger partial charge is 0.370 e. The number of hydrogen-bond donors (Lipinski definition) is 1. The summed E-state index contributed by atoms with van der Waals surface area (Å²) in [5.74, 6) is 0.722. The quantitative estimate of drug-likeness (QED) is 0.489. The Balaban J connectivity index is 2.17. The summed E-state index contributed by atoms with van der Waals surface area (Å²) in [4.78, 5) is 6.13. The Morgan fingerprint density at radius 2 is 2.00 bits per heavy atom. The van der Waals surface area contributed by atoms with Crippen molar-refractivity contribution in [1.29, 1.82) is 0 Å². The maximum Gasteiger partial charge on any atom is 0.397 e. The molecule has 7 heteroatoms. The van der Waals surface area contributed by atoms with E-state index in [9.17, 15) is 13.2 Å². The highest BCUT2D eigenvalue weighted by Gasteiger charge is 2.26. The minimum atomic E-state index is -4.09. The van der Waals surface area contributed by atoms with Gasteiger partial charge >= 0.3 is 6.18 Å². The van der Waals surface area contributed by atoms with Crippen LogP contribution in [-0.4, -0.2) is 48.2 Å². The summed E-state index contributed by atoms with van der Waals surface area (Å²) in [6.45, 7) is 4.34. The van der Waals surface area contributed by atoms with Crippen molar-refractivity contribution in [2.75, 3.05) is 31.1 Å².